The highest BCUT2D eigenvalue weighted by atomic mass is 19.1. The van der Waals surface area contributed by atoms with Crippen molar-refractivity contribution in [1.82, 2.24) is 40.8 Å². The molecule has 9 aromatic rings. The van der Waals surface area contributed by atoms with E-state index in [-0.39, 0.29) is 41.7 Å². The van der Waals surface area contributed by atoms with E-state index in [4.69, 9.17) is 28.3 Å². The van der Waals surface area contributed by atoms with E-state index in [2.05, 4.69) is 37.3 Å². The molecule has 4 amide bonds. The number of ether oxygens (including phenoxy) is 4. The summed E-state index contributed by atoms with van der Waals surface area (Å²) in [6.45, 7) is 7.47. The number of nitrogens with zero attached hydrogens (tertiary/aromatic N) is 4. The first-order valence-corrected chi connectivity index (χ1v) is 31.6. The van der Waals surface area contributed by atoms with E-state index >= 15 is 4.79 Å². The minimum atomic E-state index is -0.889. The molecule has 0 spiro atoms. The van der Waals surface area contributed by atoms with Crippen LogP contribution in [0.25, 0.3) is 44.8 Å². The molecular formula is C75H68F2N8O9. The Kier molecular flexibility index (Phi) is 15.9. The third-order valence-corrected chi connectivity index (χ3v) is 18.8. The Morgan fingerprint density at radius 3 is 1.99 bits per heavy atom. The summed E-state index contributed by atoms with van der Waals surface area (Å²) >= 11 is 0. The molecule has 4 N–H and O–H groups in total. The number of pyridine rings is 2. The van der Waals surface area contributed by atoms with Crippen molar-refractivity contribution in [3.8, 4) is 33.9 Å². The second-order valence-electron chi connectivity index (χ2n) is 25.1. The average Bonchev–Trinajstić information content (AvgIpc) is 1.60. The minimum Gasteiger partial charge on any atom is -0.492 e. The summed E-state index contributed by atoms with van der Waals surface area (Å²) < 4.78 is 62.0. The Morgan fingerprint density at radius 2 is 1.37 bits per heavy atom. The number of halogens is 2. The van der Waals surface area contributed by atoms with Crippen LogP contribution < -0.4 is 30.7 Å². The molecule has 3 unspecified atom stereocenters. The molecule has 1 saturated heterocycles. The molecule has 14 rings (SSSR count). The zero-order valence-corrected chi connectivity index (χ0v) is 52.5. The quantitative estimate of drug-likeness (QED) is 0.0562. The number of benzene rings is 5. The molecule has 17 nitrogen and oxygen atoms in total. The summed E-state index contributed by atoms with van der Waals surface area (Å²) in [4.78, 5) is 71.4. The predicted molar refractivity (Wildman–Crippen MR) is 349 cm³/mol. The van der Waals surface area contributed by atoms with Gasteiger partial charge in [-0.1, -0.05) is 24.3 Å². The zero-order chi connectivity index (χ0) is 65.0. The molecule has 0 radical (unpaired) electrons. The van der Waals surface area contributed by atoms with Crippen molar-refractivity contribution in [2.24, 2.45) is 5.92 Å². The highest BCUT2D eigenvalue weighted by molar-refractivity contribution is 6.12. The fourth-order valence-corrected chi connectivity index (χ4v) is 13.1. The molecule has 4 aromatic heterocycles. The van der Waals surface area contributed by atoms with Crippen LogP contribution in [0.2, 0.25) is 0 Å². The van der Waals surface area contributed by atoms with E-state index in [0.29, 0.717) is 136 Å². The van der Waals surface area contributed by atoms with Crippen molar-refractivity contribution in [3.63, 3.8) is 0 Å². The number of allylic oxidation sites excluding steroid dienone is 2. The van der Waals surface area contributed by atoms with Gasteiger partial charge in [-0.25, -0.2) is 13.8 Å². The monoisotopic (exact) mass is 1260 g/mol. The molecule has 94 heavy (non-hydrogen) atoms. The molecule has 0 bridgehead atoms. The van der Waals surface area contributed by atoms with Gasteiger partial charge in [0, 0.05) is 79.9 Å². The van der Waals surface area contributed by atoms with Crippen molar-refractivity contribution in [3.05, 3.63) is 243 Å². The number of furan rings is 1. The number of fused-ring (bicyclic) bond motifs is 2. The van der Waals surface area contributed by atoms with Crippen LogP contribution in [0.3, 0.4) is 0 Å². The van der Waals surface area contributed by atoms with Crippen molar-refractivity contribution >= 4 is 45.9 Å². The lowest BCUT2D eigenvalue weighted by molar-refractivity contribution is -0.116. The fourth-order valence-electron chi connectivity index (χ4n) is 13.1. The molecule has 3 atom stereocenters. The average molecular weight is 1260 g/mol. The number of hydrogen-bond donors (Lipinski definition) is 4. The minimum absolute atomic E-state index is 0.0516. The molecule has 2 saturated carbocycles. The molecule has 6 heterocycles. The topological polar surface area (TPSA) is 210 Å². The van der Waals surface area contributed by atoms with Crippen LogP contribution >= 0.6 is 0 Å². The van der Waals surface area contributed by atoms with E-state index in [1.165, 1.54) is 24.3 Å². The number of carbonyl (C=O) groups excluding carboxylic acids is 4. The first-order valence-electron chi connectivity index (χ1n) is 31.6. The number of aryl methyl sites for hydroxylation is 2. The number of likely N-dealkylation sites (N-methyl/N-ethyl adjacent to an activating group) is 1. The van der Waals surface area contributed by atoms with Gasteiger partial charge in [-0.05, 0) is 201 Å². The maximum atomic E-state index is 15.1. The van der Waals surface area contributed by atoms with Crippen molar-refractivity contribution in [2.75, 3.05) is 40.5 Å². The number of aromatic nitrogens is 4. The predicted octanol–water partition coefficient (Wildman–Crippen LogP) is 12.6. The molecule has 476 valence electrons. The van der Waals surface area contributed by atoms with E-state index < -0.39 is 34.4 Å². The summed E-state index contributed by atoms with van der Waals surface area (Å²) in [5, 5.41) is 12.7. The van der Waals surface area contributed by atoms with Gasteiger partial charge in [0.25, 0.3) is 23.6 Å². The van der Waals surface area contributed by atoms with Crippen molar-refractivity contribution in [2.45, 2.75) is 82.0 Å². The van der Waals surface area contributed by atoms with Crippen LogP contribution in [0.15, 0.2) is 180 Å². The summed E-state index contributed by atoms with van der Waals surface area (Å²) in [6.07, 6.45) is 16.7. The maximum absolute atomic E-state index is 15.1. The third kappa shape index (κ3) is 11.6. The molecule has 3 aliphatic carbocycles. The summed E-state index contributed by atoms with van der Waals surface area (Å²) in [5.41, 5.74) is 8.04. The Labute approximate surface area is 541 Å². The molecular weight excluding hydrogens is 1190 g/mol. The van der Waals surface area contributed by atoms with Gasteiger partial charge in [-0.15, -0.1) is 0 Å². The Bertz CT molecular complexity index is 4570. The smallest absolute Gasteiger partial charge is 0.255 e. The number of hydrogen-bond acceptors (Lipinski definition) is 12. The SMILES string of the molecule is CNC(=O)C1=C(c2ccc(F)cc2)OC2(C)CC=C(c3cc(C(=O)NC4(c5ccc(C(COc6cc(C)c(-c7ccc8oc(-c9ccc(F)cc9)c(C(=O)NC)c8c7)cc6C(=O)NC6(c7ccccn7)CC6)n6ccnc6)cn5)CC4)c(OCC4CCOC4)cc3C)C=C12. The van der Waals surface area contributed by atoms with Gasteiger partial charge in [0.05, 0.1) is 70.3 Å². The van der Waals surface area contributed by atoms with Crippen LogP contribution in [0, 0.1) is 31.4 Å². The molecule has 3 fully saturated rings. The zero-order valence-electron chi connectivity index (χ0n) is 52.5. The van der Waals surface area contributed by atoms with Crippen molar-refractivity contribution < 1.29 is 51.3 Å². The van der Waals surface area contributed by atoms with Gasteiger partial charge in [0.1, 0.15) is 52.4 Å². The normalized spacial score (nSPS) is 18.5. The van der Waals surface area contributed by atoms with Crippen LogP contribution in [0.1, 0.15) is 122 Å². The number of rotatable bonds is 20. The van der Waals surface area contributed by atoms with Gasteiger partial charge < -0.3 is 49.2 Å². The molecule has 19 heteroatoms. The molecule has 5 aliphatic rings. The Balaban J connectivity index is 0.757. The van der Waals surface area contributed by atoms with Gasteiger partial charge in [0.15, 0.2) is 0 Å². The number of imidazole rings is 1. The third-order valence-electron chi connectivity index (χ3n) is 18.8. The lowest BCUT2D eigenvalue weighted by Crippen LogP contribution is -2.36. The maximum Gasteiger partial charge on any atom is 0.255 e. The fraction of sp³-hybridized carbons (Fsp3) is 0.267. The Morgan fingerprint density at radius 1 is 0.713 bits per heavy atom. The van der Waals surface area contributed by atoms with E-state index in [0.717, 1.165) is 39.9 Å². The Hall–Kier alpha value is -10.5. The lowest BCUT2D eigenvalue weighted by atomic mass is 9.80. The van der Waals surface area contributed by atoms with Crippen molar-refractivity contribution in [1.29, 1.82) is 0 Å². The largest absolute Gasteiger partial charge is 0.492 e. The number of amides is 4. The summed E-state index contributed by atoms with van der Waals surface area (Å²) in [7, 11) is 3.10. The van der Waals surface area contributed by atoms with Crippen LogP contribution in [0.4, 0.5) is 8.78 Å². The lowest BCUT2D eigenvalue weighted by Gasteiger charge is -2.30. The van der Waals surface area contributed by atoms with Gasteiger partial charge in [-0.3, -0.25) is 29.1 Å². The first kappa shape index (κ1) is 61.0. The number of nitrogens with one attached hydrogen (secondary N) is 4. The van der Waals surface area contributed by atoms with Gasteiger partial charge in [-0.2, -0.15) is 0 Å². The second kappa shape index (κ2) is 24.5. The van der Waals surface area contributed by atoms with Gasteiger partial charge in [0.2, 0.25) is 0 Å². The van der Waals surface area contributed by atoms with Crippen LogP contribution in [-0.4, -0.2) is 89.3 Å². The van der Waals surface area contributed by atoms with Crippen LogP contribution in [-0.2, 0) is 25.3 Å². The molecule has 5 aromatic carbocycles. The highest BCUT2D eigenvalue weighted by Crippen LogP contribution is 2.51. The first-order chi connectivity index (χ1) is 45.5. The summed E-state index contributed by atoms with van der Waals surface area (Å²) in [6, 6.07) is 33.7. The second-order valence-corrected chi connectivity index (χ2v) is 25.1. The number of carbonyl (C=O) groups is 4. The van der Waals surface area contributed by atoms with E-state index in [9.17, 15) is 23.2 Å². The highest BCUT2D eigenvalue weighted by Gasteiger charge is 2.50. The van der Waals surface area contributed by atoms with Crippen LogP contribution in [0.5, 0.6) is 11.5 Å². The van der Waals surface area contributed by atoms with E-state index in [1.807, 2.05) is 104 Å². The summed E-state index contributed by atoms with van der Waals surface area (Å²) in [5.74, 6) is -0.641. The molecule has 2 aliphatic heterocycles. The standard InChI is InChI=1S/C75H68F2N8O9/c1-43-33-62(57(70(87)83-74(24-25-74)63-8-6-7-28-81-63)36-53(43)48-13-19-60-55(34-48)65(71(88)78-4)67(93-60)46-9-15-51(76)16-10-46)92-41-59(85-30-29-80-42-85)50-14-20-64(82-38-50)75(26-27-75)84-69(86)56-37-54(44(2)32-61(56)91-40-45-22-31-90-39-45)49-21-23-73(3)58(35-49)66(72(89)79-5)68(94-73)47-11-17-52(77)18-12-47/h6-21,28-30,32-38,42,45,59H,22-27,31,39-41H2,1-5H3,(H,78,88)(H,79,89)(H,83,87)(H,84,86). The van der Waals surface area contributed by atoms with Gasteiger partial charge >= 0.3 is 0 Å². The van der Waals surface area contributed by atoms with E-state index in [1.54, 1.807) is 69.3 Å².